The summed E-state index contributed by atoms with van der Waals surface area (Å²) in [7, 11) is 0. The standard InChI is InChI=1S/C17H16N2O2S/c18-17-19-16(12-22-17)13-5-4-8-15(11-13)21-10-9-20-14-6-2-1-3-7-14/h1-8,11-12H,9-10H2,(H2,18,19). The average Bonchev–Trinajstić information content (AvgIpc) is 3.00. The van der Waals surface area contributed by atoms with Gasteiger partial charge in [-0.1, -0.05) is 30.3 Å². The lowest BCUT2D eigenvalue weighted by atomic mass is 10.2. The van der Waals surface area contributed by atoms with E-state index >= 15 is 0 Å². The number of hydrogen-bond donors (Lipinski definition) is 1. The summed E-state index contributed by atoms with van der Waals surface area (Å²) in [5.74, 6) is 1.64. The number of ether oxygens (including phenoxy) is 2. The topological polar surface area (TPSA) is 57.4 Å². The Bertz CT molecular complexity index is 728. The first kappa shape index (κ1) is 14.4. The molecule has 5 heteroatoms. The van der Waals surface area contributed by atoms with Crippen LogP contribution in [0.5, 0.6) is 11.5 Å². The highest BCUT2D eigenvalue weighted by Gasteiger charge is 2.04. The minimum Gasteiger partial charge on any atom is -0.490 e. The van der Waals surface area contributed by atoms with Crippen molar-refractivity contribution in [1.29, 1.82) is 0 Å². The molecule has 0 saturated carbocycles. The van der Waals surface area contributed by atoms with Crippen LogP contribution < -0.4 is 15.2 Å². The molecule has 1 heterocycles. The minimum atomic E-state index is 0.484. The highest BCUT2D eigenvalue weighted by atomic mass is 32.1. The van der Waals surface area contributed by atoms with E-state index in [4.69, 9.17) is 15.2 Å². The number of hydrogen-bond acceptors (Lipinski definition) is 5. The van der Waals surface area contributed by atoms with Crippen LogP contribution in [0.15, 0.2) is 60.0 Å². The molecule has 1 aromatic heterocycles. The van der Waals surface area contributed by atoms with Gasteiger partial charge >= 0.3 is 0 Å². The maximum atomic E-state index is 5.72. The van der Waals surface area contributed by atoms with Crippen LogP contribution in [-0.4, -0.2) is 18.2 Å². The van der Waals surface area contributed by atoms with Gasteiger partial charge in [-0.15, -0.1) is 11.3 Å². The molecule has 0 saturated heterocycles. The lowest BCUT2D eigenvalue weighted by Crippen LogP contribution is -2.08. The van der Waals surface area contributed by atoms with E-state index in [0.29, 0.717) is 18.3 Å². The molecule has 0 amide bonds. The van der Waals surface area contributed by atoms with Gasteiger partial charge in [0.1, 0.15) is 24.7 Å². The molecule has 2 N–H and O–H groups in total. The smallest absolute Gasteiger partial charge is 0.180 e. The molecule has 2 aromatic carbocycles. The number of thiazole rings is 1. The fourth-order valence-corrected chi connectivity index (χ4v) is 2.57. The van der Waals surface area contributed by atoms with Crippen molar-refractivity contribution < 1.29 is 9.47 Å². The highest BCUT2D eigenvalue weighted by Crippen LogP contribution is 2.26. The third-order valence-corrected chi connectivity index (χ3v) is 3.69. The quantitative estimate of drug-likeness (QED) is 0.702. The Hall–Kier alpha value is -2.53. The molecule has 112 valence electrons. The second-order valence-corrected chi connectivity index (χ2v) is 5.50. The predicted octanol–water partition coefficient (Wildman–Crippen LogP) is 3.85. The lowest BCUT2D eigenvalue weighted by Gasteiger charge is -2.09. The molecular formula is C17H16N2O2S. The van der Waals surface area contributed by atoms with Crippen molar-refractivity contribution in [2.24, 2.45) is 0 Å². The van der Waals surface area contributed by atoms with Crippen LogP contribution in [0, 0.1) is 0 Å². The first-order chi connectivity index (χ1) is 10.8. The Balaban J connectivity index is 1.55. The summed E-state index contributed by atoms with van der Waals surface area (Å²) in [4.78, 5) is 4.27. The summed E-state index contributed by atoms with van der Waals surface area (Å²) in [6.07, 6.45) is 0. The zero-order chi connectivity index (χ0) is 15.2. The highest BCUT2D eigenvalue weighted by molar-refractivity contribution is 7.13. The molecule has 4 nitrogen and oxygen atoms in total. The van der Waals surface area contributed by atoms with Crippen LogP contribution in [0.1, 0.15) is 0 Å². The molecule has 0 bridgehead atoms. The molecule has 22 heavy (non-hydrogen) atoms. The van der Waals surface area contributed by atoms with E-state index in [0.717, 1.165) is 22.8 Å². The number of nitrogens with zero attached hydrogens (tertiary/aromatic N) is 1. The third kappa shape index (κ3) is 3.77. The summed E-state index contributed by atoms with van der Waals surface area (Å²) in [6.45, 7) is 0.982. The first-order valence-corrected chi connectivity index (χ1v) is 7.81. The van der Waals surface area contributed by atoms with E-state index in [1.165, 1.54) is 11.3 Å². The number of anilines is 1. The van der Waals surface area contributed by atoms with Crippen LogP contribution >= 0.6 is 11.3 Å². The summed E-state index contributed by atoms with van der Waals surface area (Å²) in [5, 5.41) is 2.50. The average molecular weight is 312 g/mol. The van der Waals surface area contributed by atoms with Gasteiger partial charge in [0.05, 0.1) is 5.69 Å². The van der Waals surface area contributed by atoms with Crippen molar-refractivity contribution in [2.45, 2.75) is 0 Å². The molecule has 0 aliphatic rings. The monoisotopic (exact) mass is 312 g/mol. The Morgan fingerprint density at radius 1 is 0.909 bits per heavy atom. The first-order valence-electron chi connectivity index (χ1n) is 6.93. The molecule has 0 spiro atoms. The molecule has 3 aromatic rings. The van der Waals surface area contributed by atoms with E-state index in [1.54, 1.807) is 0 Å². The Morgan fingerprint density at radius 3 is 2.36 bits per heavy atom. The van der Waals surface area contributed by atoms with Crippen molar-refractivity contribution in [1.82, 2.24) is 4.98 Å². The minimum absolute atomic E-state index is 0.484. The van der Waals surface area contributed by atoms with Gasteiger partial charge in [0, 0.05) is 10.9 Å². The molecule has 3 rings (SSSR count). The molecular weight excluding hydrogens is 296 g/mol. The van der Waals surface area contributed by atoms with Gasteiger partial charge in [-0.05, 0) is 24.3 Å². The second kappa shape index (κ2) is 6.95. The number of para-hydroxylation sites is 1. The Kier molecular flexibility index (Phi) is 4.56. The fraction of sp³-hybridized carbons (Fsp3) is 0.118. The lowest BCUT2D eigenvalue weighted by molar-refractivity contribution is 0.217. The van der Waals surface area contributed by atoms with Gasteiger partial charge in [-0.25, -0.2) is 4.98 Å². The van der Waals surface area contributed by atoms with Crippen LogP contribution in [0.2, 0.25) is 0 Å². The second-order valence-electron chi connectivity index (χ2n) is 4.61. The van der Waals surface area contributed by atoms with E-state index < -0.39 is 0 Å². The van der Waals surface area contributed by atoms with Gasteiger partial charge in [-0.3, -0.25) is 0 Å². The zero-order valence-corrected chi connectivity index (χ0v) is 12.8. The van der Waals surface area contributed by atoms with Crippen LogP contribution in [0.4, 0.5) is 5.13 Å². The zero-order valence-electron chi connectivity index (χ0n) is 11.9. The van der Waals surface area contributed by atoms with Gasteiger partial charge < -0.3 is 15.2 Å². The van der Waals surface area contributed by atoms with Crippen molar-refractivity contribution in [3.63, 3.8) is 0 Å². The molecule has 0 atom stereocenters. The molecule has 0 unspecified atom stereocenters. The molecule has 0 aliphatic heterocycles. The molecule has 0 fully saturated rings. The van der Waals surface area contributed by atoms with E-state index in [1.807, 2.05) is 60.0 Å². The van der Waals surface area contributed by atoms with E-state index in [9.17, 15) is 0 Å². The maximum Gasteiger partial charge on any atom is 0.180 e. The number of aromatic nitrogens is 1. The summed E-state index contributed by atoms with van der Waals surface area (Å²) >= 11 is 1.43. The number of rotatable bonds is 6. The number of nitrogen functional groups attached to an aromatic ring is 1. The summed E-state index contributed by atoms with van der Waals surface area (Å²) < 4.78 is 11.3. The Labute approximate surface area is 133 Å². The number of benzene rings is 2. The van der Waals surface area contributed by atoms with Gasteiger partial charge in [-0.2, -0.15) is 0 Å². The summed E-state index contributed by atoms with van der Waals surface area (Å²) in [5.41, 5.74) is 7.53. The largest absolute Gasteiger partial charge is 0.490 e. The molecule has 0 aliphatic carbocycles. The van der Waals surface area contributed by atoms with E-state index in [2.05, 4.69) is 4.98 Å². The van der Waals surface area contributed by atoms with Crippen molar-refractivity contribution in [2.75, 3.05) is 18.9 Å². The van der Waals surface area contributed by atoms with Gasteiger partial charge in [0.15, 0.2) is 5.13 Å². The SMILES string of the molecule is Nc1nc(-c2cccc(OCCOc3ccccc3)c2)cs1. The van der Waals surface area contributed by atoms with E-state index in [-0.39, 0.29) is 0 Å². The summed E-state index contributed by atoms with van der Waals surface area (Å²) in [6, 6.07) is 17.5. The molecule has 0 radical (unpaired) electrons. The maximum absolute atomic E-state index is 5.72. The van der Waals surface area contributed by atoms with Gasteiger partial charge in [0.2, 0.25) is 0 Å². The van der Waals surface area contributed by atoms with Crippen molar-refractivity contribution in [3.05, 3.63) is 60.0 Å². The predicted molar refractivity (Wildman–Crippen MR) is 89.4 cm³/mol. The van der Waals surface area contributed by atoms with Crippen LogP contribution in [0.3, 0.4) is 0 Å². The Morgan fingerprint density at radius 2 is 1.64 bits per heavy atom. The van der Waals surface area contributed by atoms with Crippen LogP contribution in [0.25, 0.3) is 11.3 Å². The van der Waals surface area contributed by atoms with Crippen LogP contribution in [-0.2, 0) is 0 Å². The van der Waals surface area contributed by atoms with Crippen molar-refractivity contribution in [3.8, 4) is 22.8 Å². The van der Waals surface area contributed by atoms with Crippen molar-refractivity contribution >= 4 is 16.5 Å². The number of nitrogens with two attached hydrogens (primary N) is 1. The normalized spacial score (nSPS) is 10.4. The third-order valence-electron chi connectivity index (χ3n) is 3.02. The van der Waals surface area contributed by atoms with Gasteiger partial charge in [0.25, 0.3) is 0 Å². The fourth-order valence-electron chi connectivity index (χ4n) is 2.00.